The molecule has 0 spiro atoms. The normalized spacial score (nSPS) is 10.8. The van der Waals surface area contributed by atoms with Crippen molar-refractivity contribution in [3.05, 3.63) is 57.8 Å². The summed E-state index contributed by atoms with van der Waals surface area (Å²) in [5.74, 6) is 0.529. The van der Waals surface area contributed by atoms with E-state index in [1.807, 2.05) is 18.2 Å². The molecule has 3 rings (SSSR count). The van der Waals surface area contributed by atoms with Gasteiger partial charge in [-0.15, -0.1) is 0 Å². The van der Waals surface area contributed by atoms with Crippen LogP contribution in [-0.4, -0.2) is 21.0 Å². The third-order valence-electron chi connectivity index (χ3n) is 3.40. The van der Waals surface area contributed by atoms with Gasteiger partial charge in [0.25, 0.3) is 5.56 Å². The number of aromatic nitrogens is 3. The fourth-order valence-electron chi connectivity index (χ4n) is 2.25. The first-order valence-corrected chi connectivity index (χ1v) is 7.28. The fraction of sp³-hybridized carbons (Fsp3) is 0.250. The monoisotopic (exact) mass is 312 g/mol. The molecule has 7 nitrogen and oxygen atoms in total. The molecule has 0 radical (unpaired) electrons. The van der Waals surface area contributed by atoms with Gasteiger partial charge >= 0.3 is 0 Å². The summed E-state index contributed by atoms with van der Waals surface area (Å²) < 4.78 is 4.93. The molecule has 0 saturated carbocycles. The fourth-order valence-corrected chi connectivity index (χ4v) is 2.25. The van der Waals surface area contributed by atoms with Gasteiger partial charge < -0.3 is 14.8 Å². The average Bonchev–Trinajstić information content (AvgIpc) is 2.96. The van der Waals surface area contributed by atoms with Gasteiger partial charge in [0, 0.05) is 18.9 Å². The number of nitrogens with one attached hydrogen (secondary N) is 2. The summed E-state index contributed by atoms with van der Waals surface area (Å²) in [6.45, 7) is 2.09. The third-order valence-corrected chi connectivity index (χ3v) is 3.40. The van der Waals surface area contributed by atoms with Crippen molar-refractivity contribution in [2.75, 3.05) is 0 Å². The maximum atomic E-state index is 12.0. The molecule has 1 amide bonds. The molecule has 118 valence electrons. The smallest absolute Gasteiger partial charge is 0.270 e. The summed E-state index contributed by atoms with van der Waals surface area (Å²) in [6.07, 6.45) is 0.467. The summed E-state index contributed by atoms with van der Waals surface area (Å²) in [4.78, 5) is 30.9. The van der Waals surface area contributed by atoms with Gasteiger partial charge in [0.2, 0.25) is 5.91 Å². The summed E-state index contributed by atoms with van der Waals surface area (Å²) in [5, 5.41) is 6.53. The van der Waals surface area contributed by atoms with E-state index in [-0.39, 0.29) is 24.3 Å². The molecule has 2 heterocycles. The molecular formula is C16H16N4O3. The van der Waals surface area contributed by atoms with E-state index in [0.29, 0.717) is 34.7 Å². The van der Waals surface area contributed by atoms with Crippen LogP contribution in [0.15, 0.2) is 39.6 Å². The van der Waals surface area contributed by atoms with Gasteiger partial charge in [-0.1, -0.05) is 17.3 Å². The van der Waals surface area contributed by atoms with Gasteiger partial charge in [-0.05, 0) is 19.1 Å². The molecule has 0 aliphatic rings. The van der Waals surface area contributed by atoms with Crippen LogP contribution in [0.3, 0.4) is 0 Å². The molecule has 7 heteroatoms. The Labute approximate surface area is 131 Å². The molecule has 1 aromatic carbocycles. The molecule has 0 atom stereocenters. The highest BCUT2D eigenvalue weighted by molar-refractivity contribution is 5.76. The minimum Gasteiger partial charge on any atom is -0.361 e. The van der Waals surface area contributed by atoms with Crippen LogP contribution in [0.25, 0.3) is 11.0 Å². The number of amides is 1. The molecule has 2 N–H and O–H groups in total. The average molecular weight is 312 g/mol. The van der Waals surface area contributed by atoms with Gasteiger partial charge in [-0.3, -0.25) is 9.59 Å². The van der Waals surface area contributed by atoms with E-state index in [9.17, 15) is 9.59 Å². The Morgan fingerprint density at radius 3 is 2.96 bits per heavy atom. The van der Waals surface area contributed by atoms with E-state index in [1.54, 1.807) is 19.1 Å². The van der Waals surface area contributed by atoms with Crippen molar-refractivity contribution in [3.8, 4) is 0 Å². The van der Waals surface area contributed by atoms with Crippen molar-refractivity contribution in [1.82, 2.24) is 20.4 Å². The lowest BCUT2D eigenvalue weighted by molar-refractivity contribution is -0.121. The zero-order chi connectivity index (χ0) is 16.2. The van der Waals surface area contributed by atoms with Crippen LogP contribution < -0.4 is 10.9 Å². The number of aryl methyl sites for hydroxylation is 2. The van der Waals surface area contributed by atoms with Crippen molar-refractivity contribution >= 4 is 16.9 Å². The van der Waals surface area contributed by atoms with E-state index in [1.165, 1.54) is 0 Å². The Bertz CT molecular complexity index is 897. The zero-order valence-corrected chi connectivity index (χ0v) is 12.6. The SMILES string of the molecule is Cc1cc(CNC(=O)CCc2nc3ccccc3[nH]c2=O)no1. The predicted molar refractivity (Wildman–Crippen MR) is 83.8 cm³/mol. The first kappa shape index (κ1) is 15.0. The largest absolute Gasteiger partial charge is 0.361 e. The molecule has 0 fully saturated rings. The Hall–Kier alpha value is -2.96. The second kappa shape index (κ2) is 6.43. The van der Waals surface area contributed by atoms with Crippen LogP contribution in [0.5, 0.6) is 0 Å². The third kappa shape index (κ3) is 3.63. The number of hydrogen-bond donors (Lipinski definition) is 2. The zero-order valence-electron chi connectivity index (χ0n) is 12.6. The van der Waals surface area contributed by atoms with Crippen molar-refractivity contribution < 1.29 is 9.32 Å². The minimum absolute atomic E-state index is 0.167. The topological polar surface area (TPSA) is 101 Å². The molecule has 0 aliphatic heterocycles. The number of rotatable bonds is 5. The number of fused-ring (bicyclic) bond motifs is 1. The molecule has 3 aromatic rings. The van der Waals surface area contributed by atoms with Crippen LogP contribution in [0.2, 0.25) is 0 Å². The number of aromatic amines is 1. The number of hydrogen-bond acceptors (Lipinski definition) is 5. The van der Waals surface area contributed by atoms with Crippen molar-refractivity contribution in [1.29, 1.82) is 0 Å². The highest BCUT2D eigenvalue weighted by Crippen LogP contribution is 2.07. The van der Waals surface area contributed by atoms with Gasteiger partial charge in [0.15, 0.2) is 0 Å². The number of carbonyl (C=O) groups is 1. The number of nitrogens with zero attached hydrogens (tertiary/aromatic N) is 2. The minimum atomic E-state index is -0.261. The first-order chi connectivity index (χ1) is 11.1. The lowest BCUT2D eigenvalue weighted by Crippen LogP contribution is -2.25. The summed E-state index contributed by atoms with van der Waals surface area (Å²) in [5.41, 5.74) is 2.16. The van der Waals surface area contributed by atoms with Crippen LogP contribution in [0, 0.1) is 6.92 Å². The Morgan fingerprint density at radius 1 is 1.35 bits per heavy atom. The molecule has 0 unspecified atom stereocenters. The molecule has 0 aliphatic carbocycles. The maximum Gasteiger partial charge on any atom is 0.270 e. The van der Waals surface area contributed by atoms with Crippen LogP contribution in [0.4, 0.5) is 0 Å². The highest BCUT2D eigenvalue weighted by atomic mass is 16.5. The van der Waals surface area contributed by atoms with E-state index < -0.39 is 0 Å². The molecule has 0 saturated heterocycles. The summed E-state index contributed by atoms with van der Waals surface area (Å²) in [6, 6.07) is 9.06. The van der Waals surface area contributed by atoms with E-state index in [2.05, 4.69) is 20.4 Å². The van der Waals surface area contributed by atoms with Gasteiger partial charge in [0.05, 0.1) is 17.6 Å². The van der Waals surface area contributed by atoms with Crippen LogP contribution >= 0.6 is 0 Å². The van der Waals surface area contributed by atoms with Crippen molar-refractivity contribution in [3.63, 3.8) is 0 Å². The standard InChI is InChI=1S/C16H16N4O3/c1-10-8-11(20-23-10)9-17-15(21)7-6-14-16(22)19-13-5-3-2-4-12(13)18-14/h2-5,8H,6-7,9H2,1H3,(H,17,21)(H,19,22). The van der Waals surface area contributed by atoms with E-state index in [0.717, 1.165) is 0 Å². The van der Waals surface area contributed by atoms with E-state index in [4.69, 9.17) is 4.52 Å². The highest BCUT2D eigenvalue weighted by Gasteiger charge is 2.09. The van der Waals surface area contributed by atoms with Crippen molar-refractivity contribution in [2.45, 2.75) is 26.3 Å². The Kier molecular flexibility index (Phi) is 4.18. The molecule has 0 bridgehead atoms. The summed E-state index contributed by atoms with van der Waals surface area (Å²) in [7, 11) is 0. The van der Waals surface area contributed by atoms with E-state index >= 15 is 0 Å². The maximum absolute atomic E-state index is 12.0. The summed E-state index contributed by atoms with van der Waals surface area (Å²) >= 11 is 0. The Balaban J connectivity index is 1.60. The van der Waals surface area contributed by atoms with Gasteiger partial charge in [-0.2, -0.15) is 0 Å². The van der Waals surface area contributed by atoms with Gasteiger partial charge in [-0.25, -0.2) is 4.98 Å². The first-order valence-electron chi connectivity index (χ1n) is 7.28. The predicted octanol–water partition coefficient (Wildman–Crippen LogP) is 1.47. The Morgan fingerprint density at radius 2 is 2.17 bits per heavy atom. The number of carbonyl (C=O) groups excluding carboxylic acids is 1. The lowest BCUT2D eigenvalue weighted by Gasteiger charge is -2.04. The van der Waals surface area contributed by atoms with Gasteiger partial charge in [0.1, 0.15) is 17.1 Å². The molecule has 2 aromatic heterocycles. The quantitative estimate of drug-likeness (QED) is 0.743. The van der Waals surface area contributed by atoms with Crippen molar-refractivity contribution in [2.24, 2.45) is 0 Å². The van der Waals surface area contributed by atoms with Crippen LogP contribution in [0.1, 0.15) is 23.6 Å². The molecule has 23 heavy (non-hydrogen) atoms. The second-order valence-electron chi connectivity index (χ2n) is 5.24. The second-order valence-corrected chi connectivity index (χ2v) is 5.24. The molecular weight excluding hydrogens is 296 g/mol. The number of H-pyrrole nitrogens is 1. The number of para-hydroxylation sites is 2. The lowest BCUT2D eigenvalue weighted by atomic mass is 10.2. The number of benzene rings is 1. The van der Waals surface area contributed by atoms with Crippen LogP contribution in [-0.2, 0) is 17.8 Å².